The van der Waals surface area contributed by atoms with Gasteiger partial charge in [0.1, 0.15) is 17.9 Å². The molecule has 1 N–H and O–H groups in total. The maximum absolute atomic E-state index is 13.9. The normalized spacial score (nSPS) is 15.1. The fourth-order valence-corrected chi connectivity index (χ4v) is 4.83. The summed E-state index contributed by atoms with van der Waals surface area (Å²) >= 11 is 0. The van der Waals surface area contributed by atoms with Crippen molar-refractivity contribution < 1.29 is 9.18 Å². The number of piperazine rings is 1. The van der Waals surface area contributed by atoms with Crippen LogP contribution in [0.2, 0.25) is 0 Å². The molecule has 0 radical (unpaired) electrons. The summed E-state index contributed by atoms with van der Waals surface area (Å²) in [5.74, 6) is -0.692. The third-order valence-corrected chi connectivity index (χ3v) is 6.69. The number of amides is 1. The van der Waals surface area contributed by atoms with Crippen LogP contribution in [0.15, 0.2) is 71.7 Å². The second kappa shape index (κ2) is 10.4. The van der Waals surface area contributed by atoms with Crippen molar-refractivity contribution in [2.24, 2.45) is 0 Å². The quantitative estimate of drug-likeness (QED) is 0.398. The number of hydrogen-bond acceptors (Lipinski definition) is 4. The number of benzene rings is 2. The number of nitrogens with one attached hydrogen (secondary N) is 1. The van der Waals surface area contributed by atoms with Crippen LogP contribution in [0.5, 0.6) is 0 Å². The number of aromatic nitrogens is 2. The summed E-state index contributed by atoms with van der Waals surface area (Å²) < 4.78 is 17.0. The van der Waals surface area contributed by atoms with Gasteiger partial charge in [0.25, 0.3) is 5.56 Å². The molecule has 0 unspecified atom stereocenters. The minimum absolute atomic E-state index is 0.140. The average molecular weight is 476 g/mol. The van der Waals surface area contributed by atoms with Gasteiger partial charge < -0.3 is 14.6 Å². The zero-order valence-corrected chi connectivity index (χ0v) is 19.7. The molecule has 7 nitrogen and oxygen atoms in total. The summed E-state index contributed by atoms with van der Waals surface area (Å²) in [5.41, 5.74) is 2.58. The van der Waals surface area contributed by atoms with E-state index in [1.54, 1.807) is 28.8 Å². The fourth-order valence-electron chi connectivity index (χ4n) is 4.83. The summed E-state index contributed by atoms with van der Waals surface area (Å²) in [6.07, 6.45) is 2.61. The lowest BCUT2D eigenvalue weighted by molar-refractivity contribution is -0.121. The van der Waals surface area contributed by atoms with Crippen molar-refractivity contribution in [3.8, 4) is 0 Å². The van der Waals surface area contributed by atoms with Gasteiger partial charge in [0.05, 0.1) is 11.0 Å². The number of carbonyl (C=O) groups is 1. The van der Waals surface area contributed by atoms with Gasteiger partial charge in [-0.25, -0.2) is 4.39 Å². The molecule has 0 aliphatic carbocycles. The van der Waals surface area contributed by atoms with Crippen molar-refractivity contribution in [3.63, 3.8) is 0 Å². The Balaban J connectivity index is 1.11. The fraction of sp³-hybridized carbons (Fsp3) is 0.333. The maximum Gasteiger partial charge on any atom is 0.275 e. The highest BCUT2D eigenvalue weighted by Gasteiger charge is 2.17. The average Bonchev–Trinajstić information content (AvgIpc) is 3.36. The van der Waals surface area contributed by atoms with Crippen LogP contribution in [0.25, 0.3) is 16.6 Å². The summed E-state index contributed by atoms with van der Waals surface area (Å²) in [7, 11) is 0. The lowest BCUT2D eigenvalue weighted by Gasteiger charge is -2.34. The first-order valence-corrected chi connectivity index (χ1v) is 12.1. The van der Waals surface area contributed by atoms with Crippen molar-refractivity contribution in [1.29, 1.82) is 0 Å². The highest BCUT2D eigenvalue weighted by Crippen LogP contribution is 2.17. The van der Waals surface area contributed by atoms with Crippen molar-refractivity contribution in [1.82, 2.24) is 24.1 Å². The molecule has 182 valence electrons. The summed E-state index contributed by atoms with van der Waals surface area (Å²) in [6, 6.07) is 18.3. The van der Waals surface area contributed by atoms with Gasteiger partial charge in [0.15, 0.2) is 0 Å². The molecule has 3 heterocycles. The summed E-state index contributed by atoms with van der Waals surface area (Å²) in [5, 5.41) is 2.92. The zero-order valence-electron chi connectivity index (χ0n) is 19.7. The first kappa shape index (κ1) is 23.3. The van der Waals surface area contributed by atoms with Crippen molar-refractivity contribution in [3.05, 3.63) is 88.6 Å². The van der Waals surface area contributed by atoms with E-state index in [9.17, 15) is 14.0 Å². The van der Waals surface area contributed by atoms with E-state index in [0.29, 0.717) is 23.1 Å². The van der Waals surface area contributed by atoms with Crippen LogP contribution in [0.3, 0.4) is 0 Å². The van der Waals surface area contributed by atoms with Gasteiger partial charge in [-0.1, -0.05) is 30.3 Å². The minimum Gasteiger partial charge on any atom is -0.355 e. The Bertz CT molecular complexity index is 1370. The van der Waals surface area contributed by atoms with E-state index in [0.717, 1.165) is 45.7 Å². The molecule has 0 saturated carbocycles. The molecule has 35 heavy (non-hydrogen) atoms. The third kappa shape index (κ3) is 5.28. The predicted molar refractivity (Wildman–Crippen MR) is 135 cm³/mol. The second-order valence-electron chi connectivity index (χ2n) is 9.09. The lowest BCUT2D eigenvalue weighted by Crippen LogP contribution is -2.46. The van der Waals surface area contributed by atoms with Crippen LogP contribution in [0, 0.1) is 5.82 Å². The van der Waals surface area contributed by atoms with Gasteiger partial charge in [-0.15, -0.1) is 0 Å². The molecule has 2 aromatic heterocycles. The molecule has 5 rings (SSSR count). The molecular formula is C27H30FN5O2. The van der Waals surface area contributed by atoms with Gasteiger partial charge in [-0.05, 0) is 48.9 Å². The Kier molecular flexibility index (Phi) is 6.92. The van der Waals surface area contributed by atoms with Crippen LogP contribution < -0.4 is 10.9 Å². The highest BCUT2D eigenvalue weighted by molar-refractivity contribution is 5.82. The number of nitrogens with zero attached hydrogens (tertiary/aromatic N) is 4. The maximum atomic E-state index is 13.9. The monoisotopic (exact) mass is 475 g/mol. The Morgan fingerprint density at radius 1 is 0.886 bits per heavy atom. The van der Waals surface area contributed by atoms with Crippen molar-refractivity contribution in [2.75, 3.05) is 39.3 Å². The third-order valence-electron chi connectivity index (χ3n) is 6.69. The van der Waals surface area contributed by atoms with Gasteiger partial charge in [0.2, 0.25) is 5.91 Å². The molecule has 1 amide bonds. The first-order valence-electron chi connectivity index (χ1n) is 12.1. The Morgan fingerprint density at radius 2 is 1.66 bits per heavy atom. The topological polar surface area (TPSA) is 62.0 Å². The highest BCUT2D eigenvalue weighted by atomic mass is 19.1. The molecule has 1 aliphatic heterocycles. The van der Waals surface area contributed by atoms with Crippen LogP contribution in [-0.4, -0.2) is 63.9 Å². The van der Waals surface area contributed by atoms with E-state index in [1.165, 1.54) is 22.3 Å². The van der Waals surface area contributed by atoms with Crippen LogP contribution in [-0.2, 0) is 17.9 Å². The molecule has 8 heteroatoms. The van der Waals surface area contributed by atoms with E-state index in [-0.39, 0.29) is 18.0 Å². The Hall–Kier alpha value is -3.49. The predicted octanol–water partition coefficient (Wildman–Crippen LogP) is 2.72. The molecule has 1 fully saturated rings. The van der Waals surface area contributed by atoms with Crippen LogP contribution in [0.4, 0.5) is 4.39 Å². The van der Waals surface area contributed by atoms with E-state index in [1.807, 2.05) is 6.07 Å². The van der Waals surface area contributed by atoms with Crippen molar-refractivity contribution >= 4 is 22.5 Å². The van der Waals surface area contributed by atoms with Gasteiger partial charge in [-0.3, -0.25) is 19.1 Å². The standard InChI is InChI=1S/C27H30FN5O2/c28-22-9-10-23-25(18-22)33(27(35)24-8-4-13-32(23)24)20-26(34)29-11-5-12-30-14-16-31(17-15-30)19-21-6-2-1-3-7-21/h1-4,6-10,13,18H,5,11-12,14-17,19-20H2,(H,29,34). The number of halogens is 1. The number of hydrogen-bond donors (Lipinski definition) is 1. The van der Waals surface area contributed by atoms with E-state index >= 15 is 0 Å². The molecule has 0 atom stereocenters. The SMILES string of the molecule is O=C(Cn1c(=O)c2cccn2c2ccc(F)cc21)NCCCN1CCN(Cc2ccccc2)CC1. The molecular weight excluding hydrogens is 445 g/mol. The smallest absolute Gasteiger partial charge is 0.275 e. The van der Waals surface area contributed by atoms with Crippen LogP contribution >= 0.6 is 0 Å². The molecule has 0 bridgehead atoms. The Morgan fingerprint density at radius 3 is 2.46 bits per heavy atom. The van der Waals surface area contributed by atoms with Gasteiger partial charge in [-0.2, -0.15) is 0 Å². The van der Waals surface area contributed by atoms with E-state index < -0.39 is 5.82 Å². The second-order valence-corrected chi connectivity index (χ2v) is 9.09. The molecule has 2 aromatic carbocycles. The molecule has 4 aromatic rings. The lowest BCUT2D eigenvalue weighted by atomic mass is 10.2. The molecule has 1 saturated heterocycles. The first-order chi connectivity index (χ1) is 17.1. The molecule has 1 aliphatic rings. The molecule has 0 spiro atoms. The largest absolute Gasteiger partial charge is 0.355 e. The van der Waals surface area contributed by atoms with Crippen LogP contribution in [0.1, 0.15) is 12.0 Å². The van der Waals surface area contributed by atoms with Gasteiger partial charge in [0, 0.05) is 45.5 Å². The number of fused-ring (bicyclic) bond motifs is 3. The number of carbonyl (C=O) groups excluding carboxylic acids is 1. The summed E-state index contributed by atoms with van der Waals surface area (Å²) in [6.45, 7) is 6.42. The van der Waals surface area contributed by atoms with Gasteiger partial charge >= 0.3 is 0 Å². The van der Waals surface area contributed by atoms with Crippen molar-refractivity contribution in [2.45, 2.75) is 19.5 Å². The minimum atomic E-state index is -0.443. The van der Waals surface area contributed by atoms with E-state index in [2.05, 4.69) is 39.4 Å². The summed E-state index contributed by atoms with van der Waals surface area (Å²) in [4.78, 5) is 30.5. The van der Waals surface area contributed by atoms with E-state index in [4.69, 9.17) is 0 Å². The Labute approximate surface area is 203 Å². The zero-order chi connectivity index (χ0) is 24.2. The number of rotatable bonds is 8.